The first-order chi connectivity index (χ1) is 10.4. The summed E-state index contributed by atoms with van der Waals surface area (Å²) in [5.74, 6) is 0.956. The summed E-state index contributed by atoms with van der Waals surface area (Å²) in [7, 11) is 0. The predicted molar refractivity (Wildman–Crippen MR) is 84.8 cm³/mol. The lowest BCUT2D eigenvalue weighted by atomic mass is 10.0. The summed E-state index contributed by atoms with van der Waals surface area (Å²) >= 11 is 0. The van der Waals surface area contributed by atoms with Gasteiger partial charge in [0, 0.05) is 12.2 Å². The standard InChI is InChI=1S/C17H27N3O2/c1-17(2,3)22-16(21)20-11-7-6-10-14(20)15-18-12-8-4-5-9-13(12)19-15/h14H,4-11H2,1-3H3,(H,18,19). The number of likely N-dealkylation sites (tertiary alicyclic amines) is 1. The van der Waals surface area contributed by atoms with Crippen molar-refractivity contribution in [2.24, 2.45) is 0 Å². The lowest BCUT2D eigenvalue weighted by molar-refractivity contribution is 0.00851. The number of hydrogen-bond acceptors (Lipinski definition) is 3. The quantitative estimate of drug-likeness (QED) is 0.859. The molecule has 0 aromatic carbocycles. The Hall–Kier alpha value is -1.52. The van der Waals surface area contributed by atoms with E-state index >= 15 is 0 Å². The molecule has 0 spiro atoms. The second-order valence-electron chi connectivity index (χ2n) is 7.44. The Kier molecular flexibility index (Phi) is 4.15. The maximum atomic E-state index is 12.5. The molecule has 5 nitrogen and oxygen atoms in total. The number of aryl methyl sites for hydroxylation is 2. The smallest absolute Gasteiger partial charge is 0.410 e. The van der Waals surface area contributed by atoms with Crippen LogP contribution in [0.1, 0.15) is 76.1 Å². The minimum atomic E-state index is -0.457. The second kappa shape index (κ2) is 5.94. The van der Waals surface area contributed by atoms with Crippen LogP contribution in [0.15, 0.2) is 0 Å². The molecule has 5 heteroatoms. The Balaban J connectivity index is 1.80. The number of carbonyl (C=O) groups is 1. The van der Waals surface area contributed by atoms with Crippen LogP contribution in [0.2, 0.25) is 0 Å². The van der Waals surface area contributed by atoms with E-state index in [1.165, 1.54) is 24.2 Å². The Bertz CT molecular complexity index is 521. The van der Waals surface area contributed by atoms with Gasteiger partial charge in [0.1, 0.15) is 11.4 Å². The van der Waals surface area contributed by atoms with Gasteiger partial charge in [-0.25, -0.2) is 9.78 Å². The SMILES string of the molecule is CC(C)(C)OC(=O)N1CCCCC1c1nc2c([nH]1)CCCC2. The summed E-state index contributed by atoms with van der Waals surface area (Å²) in [6.07, 6.45) is 7.52. The molecular weight excluding hydrogens is 278 g/mol. The highest BCUT2D eigenvalue weighted by Gasteiger charge is 2.33. The topological polar surface area (TPSA) is 58.2 Å². The lowest BCUT2D eigenvalue weighted by Crippen LogP contribution is -2.42. The van der Waals surface area contributed by atoms with E-state index < -0.39 is 5.60 Å². The Morgan fingerprint density at radius 1 is 1.23 bits per heavy atom. The van der Waals surface area contributed by atoms with Crippen LogP contribution >= 0.6 is 0 Å². The Labute approximate surface area is 132 Å². The van der Waals surface area contributed by atoms with Gasteiger partial charge in [-0.2, -0.15) is 0 Å². The highest BCUT2D eigenvalue weighted by Crippen LogP contribution is 2.32. The number of piperidine rings is 1. The van der Waals surface area contributed by atoms with Crippen molar-refractivity contribution in [1.29, 1.82) is 0 Å². The number of amides is 1. The second-order valence-corrected chi connectivity index (χ2v) is 7.44. The predicted octanol–water partition coefficient (Wildman–Crippen LogP) is 3.75. The zero-order valence-electron chi connectivity index (χ0n) is 13.9. The monoisotopic (exact) mass is 305 g/mol. The molecule has 0 saturated carbocycles. The van der Waals surface area contributed by atoms with Crippen molar-refractivity contribution in [3.05, 3.63) is 17.2 Å². The number of H-pyrrole nitrogens is 1. The average molecular weight is 305 g/mol. The molecule has 1 aliphatic heterocycles. The zero-order valence-corrected chi connectivity index (χ0v) is 13.9. The number of nitrogens with zero attached hydrogens (tertiary/aromatic N) is 2. The van der Waals surface area contributed by atoms with Crippen molar-refractivity contribution in [3.8, 4) is 0 Å². The fourth-order valence-electron chi connectivity index (χ4n) is 3.39. The minimum Gasteiger partial charge on any atom is -0.444 e. The van der Waals surface area contributed by atoms with Crippen LogP contribution in [0.25, 0.3) is 0 Å². The Morgan fingerprint density at radius 2 is 2.00 bits per heavy atom. The number of carbonyl (C=O) groups excluding carboxylic acids is 1. The van der Waals surface area contributed by atoms with Crippen molar-refractivity contribution >= 4 is 6.09 Å². The van der Waals surface area contributed by atoms with Gasteiger partial charge in [-0.15, -0.1) is 0 Å². The maximum absolute atomic E-state index is 12.5. The molecule has 1 amide bonds. The summed E-state index contributed by atoms with van der Waals surface area (Å²) in [6, 6.07) is 0.0363. The number of ether oxygens (including phenoxy) is 1. The average Bonchev–Trinajstić information content (AvgIpc) is 2.89. The van der Waals surface area contributed by atoms with Crippen molar-refractivity contribution in [3.63, 3.8) is 0 Å². The van der Waals surface area contributed by atoms with Gasteiger partial charge in [-0.05, 0) is 65.7 Å². The van der Waals surface area contributed by atoms with E-state index in [4.69, 9.17) is 9.72 Å². The fraction of sp³-hybridized carbons (Fsp3) is 0.765. The van der Waals surface area contributed by atoms with Gasteiger partial charge in [0.25, 0.3) is 0 Å². The molecule has 1 aromatic heterocycles. The zero-order chi connectivity index (χ0) is 15.7. The van der Waals surface area contributed by atoms with Crippen LogP contribution in [0.4, 0.5) is 4.79 Å². The number of nitrogens with one attached hydrogen (secondary N) is 1. The largest absolute Gasteiger partial charge is 0.444 e. The minimum absolute atomic E-state index is 0.0363. The Morgan fingerprint density at radius 3 is 2.73 bits per heavy atom. The van der Waals surface area contributed by atoms with E-state index in [1.807, 2.05) is 25.7 Å². The van der Waals surface area contributed by atoms with Crippen molar-refractivity contribution < 1.29 is 9.53 Å². The highest BCUT2D eigenvalue weighted by molar-refractivity contribution is 5.68. The van der Waals surface area contributed by atoms with Gasteiger partial charge in [0.15, 0.2) is 0 Å². The molecule has 1 atom stereocenters. The molecule has 22 heavy (non-hydrogen) atoms. The van der Waals surface area contributed by atoms with Gasteiger partial charge in [0.05, 0.1) is 11.7 Å². The van der Waals surface area contributed by atoms with Gasteiger partial charge in [0.2, 0.25) is 0 Å². The first-order valence-electron chi connectivity index (χ1n) is 8.51. The molecule has 2 aliphatic rings. The summed E-state index contributed by atoms with van der Waals surface area (Å²) in [6.45, 7) is 6.49. The van der Waals surface area contributed by atoms with E-state index in [1.54, 1.807) is 0 Å². The fourth-order valence-corrected chi connectivity index (χ4v) is 3.39. The van der Waals surface area contributed by atoms with Gasteiger partial charge < -0.3 is 9.72 Å². The van der Waals surface area contributed by atoms with Crippen LogP contribution < -0.4 is 0 Å². The van der Waals surface area contributed by atoms with Crippen LogP contribution in [0.3, 0.4) is 0 Å². The van der Waals surface area contributed by atoms with E-state index in [2.05, 4.69) is 4.98 Å². The summed E-state index contributed by atoms with van der Waals surface area (Å²) in [5, 5.41) is 0. The molecule has 1 fully saturated rings. The number of aromatic nitrogens is 2. The van der Waals surface area contributed by atoms with Gasteiger partial charge >= 0.3 is 6.09 Å². The normalized spacial score (nSPS) is 22.3. The van der Waals surface area contributed by atoms with E-state index in [0.29, 0.717) is 0 Å². The molecule has 1 aromatic rings. The van der Waals surface area contributed by atoms with E-state index in [9.17, 15) is 4.79 Å². The molecular formula is C17H27N3O2. The van der Waals surface area contributed by atoms with Crippen molar-refractivity contribution in [2.75, 3.05) is 6.54 Å². The van der Waals surface area contributed by atoms with Gasteiger partial charge in [-0.1, -0.05) is 0 Å². The lowest BCUT2D eigenvalue weighted by Gasteiger charge is -2.35. The third kappa shape index (κ3) is 3.28. The molecule has 1 N–H and O–H groups in total. The number of hydrogen-bond donors (Lipinski definition) is 1. The van der Waals surface area contributed by atoms with Gasteiger partial charge in [-0.3, -0.25) is 4.90 Å². The molecule has 1 aliphatic carbocycles. The van der Waals surface area contributed by atoms with Crippen molar-refractivity contribution in [1.82, 2.24) is 14.9 Å². The maximum Gasteiger partial charge on any atom is 0.410 e. The first kappa shape index (κ1) is 15.4. The number of aromatic amines is 1. The third-order valence-electron chi connectivity index (χ3n) is 4.42. The third-order valence-corrected chi connectivity index (χ3v) is 4.42. The van der Waals surface area contributed by atoms with Crippen LogP contribution in [-0.2, 0) is 17.6 Å². The number of fused-ring (bicyclic) bond motifs is 1. The summed E-state index contributed by atoms with van der Waals surface area (Å²) in [5.41, 5.74) is 2.02. The number of imidazole rings is 1. The summed E-state index contributed by atoms with van der Waals surface area (Å²) in [4.78, 5) is 22.7. The molecule has 2 heterocycles. The molecule has 0 bridgehead atoms. The molecule has 0 radical (unpaired) electrons. The van der Waals surface area contributed by atoms with Crippen LogP contribution in [0.5, 0.6) is 0 Å². The van der Waals surface area contributed by atoms with E-state index in [-0.39, 0.29) is 12.1 Å². The molecule has 1 saturated heterocycles. The number of rotatable bonds is 1. The molecule has 3 rings (SSSR count). The van der Waals surface area contributed by atoms with Crippen molar-refractivity contribution in [2.45, 2.75) is 77.4 Å². The highest BCUT2D eigenvalue weighted by atomic mass is 16.6. The molecule has 122 valence electrons. The van der Waals surface area contributed by atoms with Crippen LogP contribution in [0, 0.1) is 0 Å². The van der Waals surface area contributed by atoms with E-state index in [0.717, 1.165) is 44.5 Å². The first-order valence-corrected chi connectivity index (χ1v) is 8.51. The van der Waals surface area contributed by atoms with Crippen LogP contribution in [-0.4, -0.2) is 33.1 Å². The summed E-state index contributed by atoms with van der Waals surface area (Å²) < 4.78 is 5.58. The molecule has 1 unspecified atom stereocenters.